The number of halogens is 7. The number of ether oxygens (including phenoxy) is 1. The van der Waals surface area contributed by atoms with Crippen LogP contribution in [0.4, 0.5) is 26.3 Å². The van der Waals surface area contributed by atoms with Gasteiger partial charge in [-0.3, -0.25) is 4.68 Å². The molecule has 0 aliphatic rings. The quantitative estimate of drug-likeness (QED) is 0.109. The molecule has 0 aliphatic carbocycles. The van der Waals surface area contributed by atoms with Crippen LogP contribution in [0.3, 0.4) is 0 Å². The third-order valence-corrected chi connectivity index (χ3v) is 6.99. The highest BCUT2D eigenvalue weighted by Crippen LogP contribution is 2.35. The molecule has 45 heavy (non-hydrogen) atoms. The highest BCUT2D eigenvalue weighted by molar-refractivity contribution is 6.31. The topological polar surface area (TPSA) is 122 Å². The van der Waals surface area contributed by atoms with Crippen molar-refractivity contribution in [3.05, 3.63) is 106 Å². The Hall–Kier alpha value is -4.96. The maximum Gasteiger partial charge on any atom is 0.436 e. The number of carboxylic acid groups (broad SMARTS) is 1. The molecule has 10 nitrogen and oxygen atoms in total. The number of alkyl halides is 5. The van der Waals surface area contributed by atoms with E-state index in [0.717, 1.165) is 12.3 Å². The first-order chi connectivity index (χ1) is 21.3. The molecule has 1 N–H and O–H groups in total. The van der Waals surface area contributed by atoms with E-state index in [0.29, 0.717) is 26.7 Å². The minimum absolute atomic E-state index is 0.0170. The van der Waals surface area contributed by atoms with Crippen LogP contribution in [0.1, 0.15) is 34.2 Å². The Morgan fingerprint density at radius 3 is 2.38 bits per heavy atom. The number of benzene rings is 2. The number of aromatic nitrogens is 6. The van der Waals surface area contributed by atoms with E-state index in [1.54, 1.807) is 12.1 Å². The van der Waals surface area contributed by atoms with Gasteiger partial charge in [0.2, 0.25) is 5.69 Å². The number of carboxylic acids is 1. The molecule has 5 rings (SSSR count). The van der Waals surface area contributed by atoms with E-state index in [-0.39, 0.29) is 39.5 Å². The van der Waals surface area contributed by atoms with E-state index in [2.05, 4.69) is 20.1 Å². The lowest BCUT2D eigenvalue weighted by Gasteiger charge is -2.18. The first kappa shape index (κ1) is 31.5. The number of carbonyl (C=O) groups is 1. The van der Waals surface area contributed by atoms with Gasteiger partial charge in [0.25, 0.3) is 0 Å². The van der Waals surface area contributed by atoms with Crippen molar-refractivity contribution in [2.24, 2.45) is 0 Å². The molecule has 0 bridgehead atoms. The molecule has 0 saturated heterocycles. The van der Waals surface area contributed by atoms with Gasteiger partial charge in [-0.1, -0.05) is 28.9 Å². The van der Waals surface area contributed by atoms with Crippen LogP contribution in [0, 0.1) is 11.0 Å². The summed E-state index contributed by atoms with van der Waals surface area (Å²) >= 11 is 5.96. The summed E-state index contributed by atoms with van der Waals surface area (Å²) in [4.78, 5) is 11.2. The summed E-state index contributed by atoms with van der Waals surface area (Å²) in [7, 11) is 0. The highest BCUT2D eigenvalue weighted by atomic mass is 35.5. The molecule has 0 aliphatic heterocycles. The molecule has 17 heteroatoms. The van der Waals surface area contributed by atoms with E-state index >= 15 is 4.39 Å². The maximum absolute atomic E-state index is 15.3. The van der Waals surface area contributed by atoms with Gasteiger partial charge in [0.1, 0.15) is 6.04 Å². The molecule has 0 spiro atoms. The summed E-state index contributed by atoms with van der Waals surface area (Å²) < 4.78 is 87.1. The molecular formula is C28H19ClF6N6O4. The predicted molar refractivity (Wildman–Crippen MR) is 145 cm³/mol. The molecule has 0 radical (unpaired) electrons. The van der Waals surface area contributed by atoms with Gasteiger partial charge in [-0.15, -0.1) is 5.10 Å². The molecule has 0 unspecified atom stereocenters. The van der Waals surface area contributed by atoms with Crippen molar-refractivity contribution in [3.8, 4) is 27.9 Å². The molecule has 0 saturated carbocycles. The number of pyridine rings is 1. The van der Waals surface area contributed by atoms with Crippen molar-refractivity contribution in [1.82, 2.24) is 24.8 Å². The van der Waals surface area contributed by atoms with Crippen LogP contribution < -0.4 is 4.73 Å². The minimum Gasteiger partial charge on any atom is -0.618 e. The van der Waals surface area contributed by atoms with Gasteiger partial charge in [0.15, 0.2) is 17.7 Å². The SMILES string of the molecule is O=C(O)c1ccc(-c2cnn([C@H](CCOC(F)F)c3ccc(-c4c(-n5cc(C(F)(F)F)nn5)ccc(Cl)c4F)c[n+]3[O-])c2)cc1. The number of hydrogen-bond donors (Lipinski definition) is 1. The first-order valence-electron chi connectivity index (χ1n) is 12.8. The Morgan fingerprint density at radius 1 is 1.04 bits per heavy atom. The smallest absolute Gasteiger partial charge is 0.436 e. The monoisotopic (exact) mass is 652 g/mol. The second kappa shape index (κ2) is 12.6. The fourth-order valence-electron chi connectivity index (χ4n) is 4.56. The largest absolute Gasteiger partial charge is 0.618 e. The fraction of sp³-hybridized carbons (Fsp3) is 0.179. The van der Waals surface area contributed by atoms with Crippen molar-refractivity contribution < 1.29 is 45.7 Å². The van der Waals surface area contributed by atoms with Gasteiger partial charge in [-0.05, 0) is 35.9 Å². The summed E-state index contributed by atoms with van der Waals surface area (Å²) in [6.07, 6.45) is -0.516. The predicted octanol–water partition coefficient (Wildman–Crippen LogP) is 6.16. The Morgan fingerprint density at radius 2 is 1.76 bits per heavy atom. The van der Waals surface area contributed by atoms with Crippen LogP contribution in [0.2, 0.25) is 5.02 Å². The lowest BCUT2D eigenvalue weighted by atomic mass is 10.0. The summed E-state index contributed by atoms with van der Waals surface area (Å²) in [6, 6.07) is 9.80. The molecule has 5 aromatic rings. The van der Waals surface area contributed by atoms with Crippen LogP contribution in [-0.4, -0.2) is 49.1 Å². The lowest BCUT2D eigenvalue weighted by Crippen LogP contribution is -2.36. The van der Waals surface area contributed by atoms with Gasteiger partial charge in [0, 0.05) is 24.2 Å². The molecule has 2 aromatic carbocycles. The zero-order valence-electron chi connectivity index (χ0n) is 22.5. The zero-order valence-corrected chi connectivity index (χ0v) is 23.3. The van der Waals surface area contributed by atoms with Crippen molar-refractivity contribution in [2.45, 2.75) is 25.3 Å². The first-order valence-corrected chi connectivity index (χ1v) is 13.2. The van der Waals surface area contributed by atoms with Gasteiger partial charge in [0.05, 0.1) is 46.4 Å². The molecule has 3 aromatic heterocycles. The van der Waals surface area contributed by atoms with Gasteiger partial charge < -0.3 is 15.1 Å². The molecule has 1 atom stereocenters. The van der Waals surface area contributed by atoms with Crippen LogP contribution in [0.15, 0.2) is 73.3 Å². The van der Waals surface area contributed by atoms with Crippen molar-refractivity contribution in [3.63, 3.8) is 0 Å². The number of aromatic carboxylic acids is 1. The fourth-order valence-corrected chi connectivity index (χ4v) is 4.72. The third kappa shape index (κ3) is 6.76. The molecule has 0 amide bonds. The van der Waals surface area contributed by atoms with Gasteiger partial charge in [-0.25, -0.2) is 13.9 Å². The average Bonchev–Trinajstić information content (AvgIpc) is 3.68. The maximum atomic E-state index is 15.3. The summed E-state index contributed by atoms with van der Waals surface area (Å²) in [5.74, 6) is -2.16. The van der Waals surface area contributed by atoms with Crippen LogP contribution in [0.25, 0.3) is 27.9 Å². The van der Waals surface area contributed by atoms with E-state index < -0.39 is 42.9 Å². The Kier molecular flexibility index (Phi) is 8.79. The Balaban J connectivity index is 1.53. The second-order valence-electron chi connectivity index (χ2n) is 9.50. The third-order valence-electron chi connectivity index (χ3n) is 6.70. The molecule has 3 heterocycles. The zero-order chi connectivity index (χ0) is 32.5. The van der Waals surface area contributed by atoms with Crippen molar-refractivity contribution >= 4 is 17.6 Å². The highest BCUT2D eigenvalue weighted by Gasteiger charge is 2.35. The lowest BCUT2D eigenvalue weighted by molar-refractivity contribution is -0.615. The van der Waals surface area contributed by atoms with E-state index in [1.807, 2.05) is 0 Å². The Bertz CT molecular complexity index is 1840. The molecular weight excluding hydrogens is 634 g/mol. The Labute approximate surface area is 254 Å². The van der Waals surface area contributed by atoms with Gasteiger partial charge in [-0.2, -0.15) is 31.8 Å². The number of nitrogens with zero attached hydrogens (tertiary/aromatic N) is 6. The van der Waals surface area contributed by atoms with Crippen molar-refractivity contribution in [1.29, 1.82) is 0 Å². The second-order valence-corrected chi connectivity index (χ2v) is 9.90. The number of rotatable bonds is 10. The van der Waals surface area contributed by atoms with E-state index in [9.17, 15) is 32.0 Å². The number of hydrogen-bond acceptors (Lipinski definition) is 6. The van der Waals surface area contributed by atoms with Crippen LogP contribution in [-0.2, 0) is 10.9 Å². The average molecular weight is 653 g/mol. The summed E-state index contributed by atoms with van der Waals surface area (Å²) in [6.45, 7) is -3.56. The standard InChI is InChI=1S/C28H19ClF6N6O4/c29-19-6-8-22(40-14-23(37-38-40)28(33,34)35)24(25(19)30)17-5-7-21(41(44)13-17)20(9-10-45-27(31)32)39-12-18(11-36-39)15-1-3-16(4-2-15)26(42)43/h1-8,11-14,20,27H,9-10H2,(H,42,43)/t20-/m1/s1. The van der Waals surface area contributed by atoms with E-state index in [4.69, 9.17) is 16.7 Å². The van der Waals surface area contributed by atoms with Crippen LogP contribution >= 0.6 is 11.6 Å². The van der Waals surface area contributed by atoms with E-state index in [1.165, 1.54) is 47.4 Å². The summed E-state index contributed by atoms with van der Waals surface area (Å²) in [5, 5.41) is 32.9. The molecule has 234 valence electrons. The van der Waals surface area contributed by atoms with Crippen LogP contribution in [0.5, 0.6) is 0 Å². The minimum atomic E-state index is -4.82. The van der Waals surface area contributed by atoms with Gasteiger partial charge >= 0.3 is 18.8 Å². The van der Waals surface area contributed by atoms with Crippen molar-refractivity contribution in [2.75, 3.05) is 6.61 Å². The summed E-state index contributed by atoms with van der Waals surface area (Å²) in [5.41, 5.74) is -0.803. The normalized spacial score (nSPS) is 12.5. The molecule has 0 fully saturated rings.